The van der Waals surface area contributed by atoms with Crippen LogP contribution in [0.25, 0.3) is 0 Å². The largest absolute Gasteiger partial charge is 0.394 e. The van der Waals surface area contributed by atoms with Crippen LogP contribution in [0.1, 0.15) is 309 Å². The van der Waals surface area contributed by atoms with Crippen LogP contribution < -0.4 is 5.32 Å². The van der Waals surface area contributed by atoms with Crippen LogP contribution >= 0.6 is 0 Å². The van der Waals surface area contributed by atoms with Crippen molar-refractivity contribution in [3.63, 3.8) is 0 Å². The van der Waals surface area contributed by atoms with Gasteiger partial charge in [0.05, 0.1) is 18.8 Å². The number of aliphatic hydroxyl groups excluding tert-OH is 2. The molecule has 0 aliphatic heterocycles. The third kappa shape index (κ3) is 49.6. The Hall–Kier alpha value is -1.39. The van der Waals surface area contributed by atoms with Crippen molar-refractivity contribution in [1.29, 1.82) is 0 Å². The molecule has 3 N–H and O–H groups in total. The fourth-order valence-electron chi connectivity index (χ4n) is 8.78. The van der Waals surface area contributed by atoms with Gasteiger partial charge < -0.3 is 15.5 Å². The molecule has 0 aromatic heterocycles. The lowest BCUT2D eigenvalue weighted by atomic mass is 10.0. The van der Waals surface area contributed by atoms with E-state index in [1.54, 1.807) is 6.08 Å². The highest BCUT2D eigenvalue weighted by Crippen LogP contribution is 2.17. The lowest BCUT2D eigenvalue weighted by molar-refractivity contribution is -0.123. The van der Waals surface area contributed by atoms with Gasteiger partial charge in [0.25, 0.3) is 0 Å². The molecule has 0 heterocycles. The van der Waals surface area contributed by atoms with Gasteiger partial charge in [-0.05, 0) is 57.8 Å². The van der Waals surface area contributed by atoms with E-state index in [9.17, 15) is 15.0 Å². The van der Waals surface area contributed by atoms with Crippen LogP contribution in [0.5, 0.6) is 0 Å². The standard InChI is InChI=1S/C58H111NO3/c1-3-5-7-9-11-13-15-17-19-21-23-25-27-29-30-32-34-36-38-40-42-44-46-48-50-52-54-58(62)59-56(55-60)57(61)53-51-49-47-45-43-41-39-37-35-33-31-28-26-24-22-20-18-16-14-12-10-8-6-4-2/h29-30,43,45,51,53,56-57,60-61H,3-28,31-42,44,46-50,52,54-55H2,1-2H3,(H,59,62)/b30-29-,45-43+,53-51+. The average Bonchev–Trinajstić information content (AvgIpc) is 3.28. The molecule has 0 bridgehead atoms. The fraction of sp³-hybridized carbons (Fsp3) is 0.879. The van der Waals surface area contributed by atoms with Crippen molar-refractivity contribution in [3.8, 4) is 0 Å². The van der Waals surface area contributed by atoms with Crippen molar-refractivity contribution < 1.29 is 15.0 Å². The van der Waals surface area contributed by atoms with Crippen LogP contribution in [0.2, 0.25) is 0 Å². The fourth-order valence-corrected chi connectivity index (χ4v) is 8.78. The Labute approximate surface area is 389 Å². The minimum Gasteiger partial charge on any atom is -0.394 e. The maximum Gasteiger partial charge on any atom is 0.220 e. The van der Waals surface area contributed by atoms with Crippen LogP contribution in [-0.2, 0) is 4.79 Å². The lowest BCUT2D eigenvalue weighted by Crippen LogP contribution is -2.45. The van der Waals surface area contributed by atoms with Gasteiger partial charge in [-0.15, -0.1) is 0 Å². The summed E-state index contributed by atoms with van der Waals surface area (Å²) in [5, 5.41) is 23.1. The number of hydrogen-bond donors (Lipinski definition) is 3. The van der Waals surface area contributed by atoms with E-state index in [1.165, 1.54) is 257 Å². The average molecular weight is 871 g/mol. The molecule has 0 aliphatic carbocycles. The van der Waals surface area contributed by atoms with Crippen LogP contribution in [0.15, 0.2) is 36.5 Å². The number of carbonyl (C=O) groups is 1. The highest BCUT2D eigenvalue weighted by molar-refractivity contribution is 5.76. The van der Waals surface area contributed by atoms with E-state index in [0.29, 0.717) is 6.42 Å². The van der Waals surface area contributed by atoms with Crippen molar-refractivity contribution in [2.75, 3.05) is 6.61 Å². The van der Waals surface area contributed by atoms with Gasteiger partial charge >= 0.3 is 0 Å². The van der Waals surface area contributed by atoms with Gasteiger partial charge in [0.15, 0.2) is 0 Å². The van der Waals surface area contributed by atoms with E-state index < -0.39 is 12.1 Å². The first kappa shape index (κ1) is 60.6. The Morgan fingerprint density at radius 2 is 0.629 bits per heavy atom. The smallest absolute Gasteiger partial charge is 0.220 e. The van der Waals surface area contributed by atoms with Gasteiger partial charge in [0, 0.05) is 6.42 Å². The second kappa shape index (κ2) is 53.9. The highest BCUT2D eigenvalue weighted by atomic mass is 16.3. The van der Waals surface area contributed by atoms with Crippen molar-refractivity contribution >= 4 is 5.91 Å². The maximum absolute atomic E-state index is 12.5. The van der Waals surface area contributed by atoms with Gasteiger partial charge in [-0.3, -0.25) is 4.79 Å². The third-order valence-corrected chi connectivity index (χ3v) is 13.1. The van der Waals surface area contributed by atoms with Crippen molar-refractivity contribution in [3.05, 3.63) is 36.5 Å². The number of carbonyl (C=O) groups excluding carboxylic acids is 1. The molecule has 2 unspecified atom stereocenters. The van der Waals surface area contributed by atoms with Gasteiger partial charge in [-0.2, -0.15) is 0 Å². The summed E-state index contributed by atoms with van der Waals surface area (Å²) in [5.74, 6) is -0.0711. The highest BCUT2D eigenvalue weighted by Gasteiger charge is 2.18. The van der Waals surface area contributed by atoms with Gasteiger partial charge in [-0.25, -0.2) is 0 Å². The molecule has 0 aliphatic rings. The number of nitrogens with one attached hydrogen (secondary N) is 1. The molecule has 4 heteroatoms. The summed E-state index contributed by atoms with van der Waals surface area (Å²) in [7, 11) is 0. The third-order valence-electron chi connectivity index (χ3n) is 13.1. The van der Waals surface area contributed by atoms with Gasteiger partial charge in [0.1, 0.15) is 0 Å². The van der Waals surface area contributed by atoms with Gasteiger partial charge in [-0.1, -0.05) is 281 Å². The molecule has 0 saturated carbocycles. The summed E-state index contributed by atoms with van der Waals surface area (Å²) in [6.07, 6.45) is 73.1. The summed E-state index contributed by atoms with van der Waals surface area (Å²) in [6, 6.07) is -0.640. The van der Waals surface area contributed by atoms with Crippen LogP contribution in [0.3, 0.4) is 0 Å². The quantitative estimate of drug-likeness (QED) is 0.0421. The minimum atomic E-state index is -0.863. The first-order valence-corrected chi connectivity index (χ1v) is 28.2. The Morgan fingerprint density at radius 1 is 0.371 bits per heavy atom. The Balaban J connectivity index is 3.52. The zero-order valence-corrected chi connectivity index (χ0v) is 42.2. The molecule has 0 rings (SSSR count). The molecule has 0 radical (unpaired) electrons. The predicted molar refractivity (Wildman–Crippen MR) is 276 cm³/mol. The first-order valence-electron chi connectivity index (χ1n) is 28.2. The normalized spacial score (nSPS) is 13.0. The van der Waals surface area contributed by atoms with E-state index in [1.807, 2.05) is 6.08 Å². The summed E-state index contributed by atoms with van der Waals surface area (Å²) in [4.78, 5) is 12.5. The van der Waals surface area contributed by atoms with E-state index >= 15 is 0 Å². The monoisotopic (exact) mass is 870 g/mol. The molecule has 62 heavy (non-hydrogen) atoms. The Morgan fingerprint density at radius 3 is 0.935 bits per heavy atom. The van der Waals surface area contributed by atoms with Crippen molar-refractivity contribution in [2.45, 2.75) is 321 Å². The number of hydrogen-bond acceptors (Lipinski definition) is 3. The zero-order chi connectivity index (χ0) is 44.9. The van der Waals surface area contributed by atoms with E-state index in [2.05, 4.69) is 43.5 Å². The molecule has 0 saturated heterocycles. The molecule has 0 fully saturated rings. The summed E-state index contributed by atoms with van der Waals surface area (Å²) < 4.78 is 0. The summed E-state index contributed by atoms with van der Waals surface area (Å²) in [6.45, 7) is 4.33. The number of amides is 1. The Kier molecular flexibility index (Phi) is 52.7. The summed E-state index contributed by atoms with van der Waals surface area (Å²) in [5.41, 5.74) is 0. The molecule has 366 valence electrons. The Bertz CT molecular complexity index is 943. The van der Waals surface area contributed by atoms with Crippen LogP contribution in [0.4, 0.5) is 0 Å². The molecule has 0 aromatic rings. The molecular weight excluding hydrogens is 759 g/mol. The molecule has 0 aromatic carbocycles. The van der Waals surface area contributed by atoms with E-state index in [-0.39, 0.29) is 12.5 Å². The number of allylic oxidation sites excluding steroid dienone is 5. The topological polar surface area (TPSA) is 69.6 Å². The van der Waals surface area contributed by atoms with E-state index in [0.717, 1.165) is 32.1 Å². The van der Waals surface area contributed by atoms with Gasteiger partial charge in [0.2, 0.25) is 5.91 Å². The number of rotatable bonds is 52. The van der Waals surface area contributed by atoms with Crippen molar-refractivity contribution in [1.82, 2.24) is 5.32 Å². The van der Waals surface area contributed by atoms with Crippen molar-refractivity contribution in [2.24, 2.45) is 0 Å². The second-order valence-electron chi connectivity index (χ2n) is 19.3. The zero-order valence-electron chi connectivity index (χ0n) is 42.2. The molecular formula is C58H111NO3. The number of unbranched alkanes of at least 4 members (excludes halogenated alkanes) is 41. The van der Waals surface area contributed by atoms with E-state index in [4.69, 9.17) is 0 Å². The first-order chi connectivity index (χ1) is 30.7. The molecule has 4 nitrogen and oxygen atoms in total. The number of aliphatic hydroxyl groups is 2. The maximum atomic E-state index is 12.5. The molecule has 2 atom stereocenters. The lowest BCUT2D eigenvalue weighted by Gasteiger charge is -2.19. The SMILES string of the molecule is CCCCCCCCCCCCCC/C=C\CCCCCCCCCCCCC(=O)NC(CO)C(O)/C=C/CC/C=C/CCCCCCCCCCCCCCCCCCCC. The van der Waals surface area contributed by atoms with Crippen LogP contribution in [-0.4, -0.2) is 34.9 Å². The second-order valence-corrected chi connectivity index (χ2v) is 19.3. The van der Waals surface area contributed by atoms with Crippen LogP contribution in [0, 0.1) is 0 Å². The molecule has 1 amide bonds. The minimum absolute atomic E-state index is 0.0711. The summed E-state index contributed by atoms with van der Waals surface area (Å²) >= 11 is 0. The molecule has 0 spiro atoms. The predicted octanol–water partition coefficient (Wildman–Crippen LogP) is 18.5.